The van der Waals surface area contributed by atoms with Crippen LogP contribution in [-0.2, 0) is 4.79 Å². The van der Waals surface area contributed by atoms with Crippen molar-refractivity contribution in [2.75, 3.05) is 0 Å². The van der Waals surface area contributed by atoms with Crippen molar-refractivity contribution < 1.29 is 9.90 Å². The molecular formula is C12H18O2. The number of ketones is 1. The van der Waals surface area contributed by atoms with Crippen LogP contribution in [0.15, 0.2) is 23.3 Å². The van der Waals surface area contributed by atoms with E-state index in [1.807, 2.05) is 19.1 Å². The molecule has 0 fully saturated rings. The Balaban J connectivity index is 2.88. The predicted octanol–water partition coefficient (Wildman–Crippen LogP) is 2.38. The molecule has 0 aromatic rings. The summed E-state index contributed by atoms with van der Waals surface area (Å²) >= 11 is 0. The van der Waals surface area contributed by atoms with Crippen LogP contribution in [0.25, 0.3) is 0 Å². The first kappa shape index (κ1) is 11.2. The number of aliphatic hydroxyl groups is 1. The maximum absolute atomic E-state index is 11.3. The lowest BCUT2D eigenvalue weighted by Crippen LogP contribution is -2.12. The minimum Gasteiger partial charge on any atom is -0.389 e. The Morgan fingerprint density at radius 2 is 2.43 bits per heavy atom. The Morgan fingerprint density at radius 3 is 2.93 bits per heavy atom. The molecule has 1 rings (SSSR count). The van der Waals surface area contributed by atoms with Crippen molar-refractivity contribution in [2.45, 2.75) is 45.6 Å². The molecule has 0 spiro atoms. The maximum Gasteiger partial charge on any atom is 0.159 e. The molecule has 0 aromatic carbocycles. The molecule has 78 valence electrons. The zero-order chi connectivity index (χ0) is 10.6. The molecule has 1 aliphatic rings. The van der Waals surface area contributed by atoms with E-state index >= 15 is 0 Å². The summed E-state index contributed by atoms with van der Waals surface area (Å²) in [7, 11) is 0. The molecule has 0 aromatic heterocycles. The quantitative estimate of drug-likeness (QED) is 0.700. The Kier molecular flexibility index (Phi) is 4.08. The second-order valence-corrected chi connectivity index (χ2v) is 3.73. The lowest BCUT2D eigenvalue weighted by molar-refractivity contribution is -0.113. The molecule has 0 radical (unpaired) electrons. The molecule has 1 N–H and O–H groups in total. The van der Waals surface area contributed by atoms with Crippen LogP contribution in [0.3, 0.4) is 0 Å². The molecule has 1 aliphatic carbocycles. The minimum atomic E-state index is -0.363. The normalized spacial score (nSPS) is 23.2. The lowest BCUT2D eigenvalue weighted by Gasteiger charge is -2.18. The van der Waals surface area contributed by atoms with Crippen molar-refractivity contribution in [2.24, 2.45) is 0 Å². The minimum absolute atomic E-state index is 0.104. The van der Waals surface area contributed by atoms with Crippen molar-refractivity contribution in [3.63, 3.8) is 0 Å². The van der Waals surface area contributed by atoms with Crippen LogP contribution >= 0.6 is 0 Å². The van der Waals surface area contributed by atoms with Gasteiger partial charge in [0.1, 0.15) is 0 Å². The van der Waals surface area contributed by atoms with E-state index in [2.05, 4.69) is 0 Å². The highest BCUT2D eigenvalue weighted by Crippen LogP contribution is 2.25. The predicted molar refractivity (Wildman–Crippen MR) is 57.0 cm³/mol. The Bertz CT molecular complexity index is 274. The highest BCUT2D eigenvalue weighted by Gasteiger charge is 2.16. The van der Waals surface area contributed by atoms with Crippen molar-refractivity contribution in [1.29, 1.82) is 0 Å². The van der Waals surface area contributed by atoms with Gasteiger partial charge in [-0.3, -0.25) is 4.79 Å². The van der Waals surface area contributed by atoms with Gasteiger partial charge >= 0.3 is 0 Å². The SMILES string of the molecule is CCC=C(C(C)=O)C1=CC(O)CCC1. The largest absolute Gasteiger partial charge is 0.389 e. The van der Waals surface area contributed by atoms with Crippen LogP contribution in [-0.4, -0.2) is 17.0 Å². The number of allylic oxidation sites excluding steroid dienone is 3. The molecule has 1 unspecified atom stereocenters. The van der Waals surface area contributed by atoms with Gasteiger partial charge < -0.3 is 5.11 Å². The Hall–Kier alpha value is -0.890. The summed E-state index contributed by atoms with van der Waals surface area (Å²) in [5.41, 5.74) is 1.82. The van der Waals surface area contributed by atoms with E-state index in [1.54, 1.807) is 6.92 Å². The molecule has 14 heavy (non-hydrogen) atoms. The third-order valence-electron chi connectivity index (χ3n) is 2.47. The molecule has 0 heterocycles. The third-order valence-corrected chi connectivity index (χ3v) is 2.47. The summed E-state index contributed by atoms with van der Waals surface area (Å²) < 4.78 is 0. The van der Waals surface area contributed by atoms with Crippen LogP contribution in [0, 0.1) is 0 Å². The van der Waals surface area contributed by atoms with Gasteiger partial charge in [-0.2, -0.15) is 0 Å². The monoisotopic (exact) mass is 194 g/mol. The van der Waals surface area contributed by atoms with E-state index in [1.165, 1.54) is 0 Å². The summed E-state index contributed by atoms with van der Waals surface area (Å²) in [4.78, 5) is 11.3. The number of carbonyl (C=O) groups excluding carboxylic acids is 1. The van der Waals surface area contributed by atoms with Crippen LogP contribution in [0.1, 0.15) is 39.5 Å². The van der Waals surface area contributed by atoms with Crippen LogP contribution in [0.4, 0.5) is 0 Å². The van der Waals surface area contributed by atoms with Gasteiger partial charge in [-0.1, -0.05) is 19.1 Å². The summed E-state index contributed by atoms with van der Waals surface area (Å²) in [6.07, 6.45) is 6.99. The summed E-state index contributed by atoms with van der Waals surface area (Å²) in [5, 5.41) is 9.46. The summed E-state index contributed by atoms with van der Waals surface area (Å²) in [6, 6.07) is 0. The first-order valence-electron chi connectivity index (χ1n) is 5.25. The van der Waals surface area contributed by atoms with Crippen LogP contribution in [0.5, 0.6) is 0 Å². The van der Waals surface area contributed by atoms with E-state index in [9.17, 15) is 9.90 Å². The number of hydrogen-bond donors (Lipinski definition) is 1. The topological polar surface area (TPSA) is 37.3 Å². The average Bonchev–Trinajstić information content (AvgIpc) is 2.13. The standard InChI is InChI=1S/C12H18O2/c1-3-5-12(9(2)13)10-6-4-7-11(14)8-10/h5,8,11,14H,3-4,6-7H2,1-2H3. The van der Waals surface area contributed by atoms with Gasteiger partial charge in [0.05, 0.1) is 6.10 Å². The van der Waals surface area contributed by atoms with E-state index in [4.69, 9.17) is 0 Å². The second kappa shape index (κ2) is 5.11. The number of carbonyl (C=O) groups is 1. The van der Waals surface area contributed by atoms with E-state index in [0.29, 0.717) is 0 Å². The average molecular weight is 194 g/mol. The number of Topliss-reactive ketones (excluding diaryl/α,β-unsaturated/α-hetero) is 1. The van der Waals surface area contributed by atoms with Gasteiger partial charge in [0, 0.05) is 5.57 Å². The fraction of sp³-hybridized carbons (Fsp3) is 0.583. The highest BCUT2D eigenvalue weighted by atomic mass is 16.3. The molecule has 0 aliphatic heterocycles. The molecule has 0 saturated heterocycles. The van der Waals surface area contributed by atoms with Gasteiger partial charge in [0.2, 0.25) is 0 Å². The van der Waals surface area contributed by atoms with Crippen molar-refractivity contribution in [3.8, 4) is 0 Å². The Labute approximate surface area is 85.3 Å². The van der Waals surface area contributed by atoms with E-state index in [0.717, 1.165) is 36.8 Å². The number of aliphatic hydroxyl groups excluding tert-OH is 1. The zero-order valence-corrected chi connectivity index (χ0v) is 8.92. The van der Waals surface area contributed by atoms with Gasteiger partial charge in [-0.05, 0) is 38.2 Å². The first-order chi connectivity index (χ1) is 6.65. The van der Waals surface area contributed by atoms with Crippen molar-refractivity contribution in [1.82, 2.24) is 0 Å². The van der Waals surface area contributed by atoms with Crippen LogP contribution in [0.2, 0.25) is 0 Å². The van der Waals surface area contributed by atoms with E-state index in [-0.39, 0.29) is 11.9 Å². The molecule has 0 bridgehead atoms. The molecular weight excluding hydrogens is 176 g/mol. The van der Waals surface area contributed by atoms with Gasteiger partial charge in [-0.25, -0.2) is 0 Å². The van der Waals surface area contributed by atoms with Crippen molar-refractivity contribution >= 4 is 5.78 Å². The van der Waals surface area contributed by atoms with E-state index < -0.39 is 0 Å². The molecule has 2 heteroatoms. The second-order valence-electron chi connectivity index (χ2n) is 3.73. The zero-order valence-electron chi connectivity index (χ0n) is 8.92. The van der Waals surface area contributed by atoms with Crippen molar-refractivity contribution in [3.05, 3.63) is 23.3 Å². The highest BCUT2D eigenvalue weighted by molar-refractivity contribution is 5.97. The van der Waals surface area contributed by atoms with Gasteiger partial charge in [-0.15, -0.1) is 0 Å². The molecule has 2 nitrogen and oxygen atoms in total. The molecule has 0 saturated carbocycles. The third kappa shape index (κ3) is 2.81. The summed E-state index contributed by atoms with van der Waals surface area (Å²) in [5.74, 6) is 0.104. The van der Waals surface area contributed by atoms with Gasteiger partial charge in [0.25, 0.3) is 0 Å². The lowest BCUT2D eigenvalue weighted by atomic mass is 9.90. The number of hydrogen-bond acceptors (Lipinski definition) is 2. The Morgan fingerprint density at radius 1 is 1.71 bits per heavy atom. The summed E-state index contributed by atoms with van der Waals surface area (Å²) in [6.45, 7) is 3.60. The fourth-order valence-corrected chi connectivity index (χ4v) is 1.83. The maximum atomic E-state index is 11.3. The molecule has 0 amide bonds. The fourth-order valence-electron chi connectivity index (χ4n) is 1.83. The smallest absolute Gasteiger partial charge is 0.159 e. The number of rotatable bonds is 3. The first-order valence-corrected chi connectivity index (χ1v) is 5.25. The molecule has 1 atom stereocenters. The van der Waals surface area contributed by atoms with Crippen LogP contribution < -0.4 is 0 Å². The van der Waals surface area contributed by atoms with Gasteiger partial charge in [0.15, 0.2) is 5.78 Å².